The Morgan fingerprint density at radius 1 is 1.19 bits per heavy atom. The summed E-state index contributed by atoms with van der Waals surface area (Å²) in [7, 11) is 0. The first-order valence-corrected chi connectivity index (χ1v) is 8.01. The molecule has 3 nitrogen and oxygen atoms in total. The Morgan fingerprint density at radius 2 is 1.90 bits per heavy atom. The summed E-state index contributed by atoms with van der Waals surface area (Å²) in [6.07, 6.45) is 5.21. The van der Waals surface area contributed by atoms with E-state index in [0.717, 1.165) is 17.9 Å². The fourth-order valence-electron chi connectivity index (χ4n) is 3.29. The molecular formula is C18H25N3. The van der Waals surface area contributed by atoms with Gasteiger partial charge in [0.2, 0.25) is 0 Å². The van der Waals surface area contributed by atoms with Gasteiger partial charge in [-0.2, -0.15) is 5.10 Å². The highest BCUT2D eigenvalue weighted by molar-refractivity contribution is 5.36. The number of nitrogens with zero attached hydrogens (tertiary/aromatic N) is 2. The summed E-state index contributed by atoms with van der Waals surface area (Å²) in [5.41, 5.74) is 5.25. The van der Waals surface area contributed by atoms with Crippen molar-refractivity contribution in [1.82, 2.24) is 15.1 Å². The minimum atomic E-state index is 0.383. The second-order valence-electron chi connectivity index (χ2n) is 6.24. The first kappa shape index (κ1) is 14.3. The SMILES string of the molecule is CCC1(NCc2c(C)nn(-c3ccccc3)c2C)CCC1. The van der Waals surface area contributed by atoms with Crippen LogP contribution < -0.4 is 5.32 Å². The minimum Gasteiger partial charge on any atom is -0.307 e. The molecule has 0 saturated heterocycles. The van der Waals surface area contributed by atoms with Crippen LogP contribution in [0.4, 0.5) is 0 Å². The zero-order valence-corrected chi connectivity index (χ0v) is 13.3. The van der Waals surface area contributed by atoms with Crippen molar-refractivity contribution < 1.29 is 0 Å². The average Bonchev–Trinajstić information content (AvgIpc) is 2.75. The monoisotopic (exact) mass is 283 g/mol. The zero-order valence-electron chi connectivity index (χ0n) is 13.3. The van der Waals surface area contributed by atoms with Gasteiger partial charge in [0.05, 0.1) is 11.4 Å². The molecule has 1 aliphatic rings. The molecule has 0 radical (unpaired) electrons. The van der Waals surface area contributed by atoms with E-state index in [2.05, 4.69) is 55.0 Å². The molecule has 0 bridgehead atoms. The number of para-hydroxylation sites is 1. The molecule has 0 atom stereocenters. The highest BCUT2D eigenvalue weighted by Crippen LogP contribution is 2.35. The third kappa shape index (κ3) is 2.62. The summed E-state index contributed by atoms with van der Waals surface area (Å²) in [5.74, 6) is 0. The van der Waals surface area contributed by atoms with Gasteiger partial charge in [0, 0.05) is 23.3 Å². The molecule has 3 heteroatoms. The first-order valence-electron chi connectivity index (χ1n) is 8.01. The number of hydrogen-bond acceptors (Lipinski definition) is 2. The third-order valence-electron chi connectivity index (χ3n) is 5.07. The van der Waals surface area contributed by atoms with E-state index in [1.165, 1.54) is 36.9 Å². The minimum absolute atomic E-state index is 0.383. The molecular weight excluding hydrogens is 258 g/mol. The zero-order chi connectivity index (χ0) is 14.9. The Labute approximate surface area is 127 Å². The number of hydrogen-bond donors (Lipinski definition) is 1. The van der Waals surface area contributed by atoms with Crippen LogP contribution in [0.5, 0.6) is 0 Å². The van der Waals surface area contributed by atoms with Crippen LogP contribution in [0, 0.1) is 13.8 Å². The van der Waals surface area contributed by atoms with E-state index >= 15 is 0 Å². The fourth-order valence-corrected chi connectivity index (χ4v) is 3.29. The van der Waals surface area contributed by atoms with Crippen molar-refractivity contribution in [3.63, 3.8) is 0 Å². The van der Waals surface area contributed by atoms with Crippen molar-refractivity contribution >= 4 is 0 Å². The van der Waals surface area contributed by atoms with E-state index in [0.29, 0.717) is 5.54 Å². The second-order valence-corrected chi connectivity index (χ2v) is 6.24. The molecule has 1 saturated carbocycles. The number of rotatable bonds is 5. The lowest BCUT2D eigenvalue weighted by molar-refractivity contribution is 0.175. The van der Waals surface area contributed by atoms with Gasteiger partial charge in [-0.3, -0.25) is 0 Å². The van der Waals surface area contributed by atoms with E-state index in [1.54, 1.807) is 0 Å². The topological polar surface area (TPSA) is 29.9 Å². The molecule has 0 spiro atoms. The predicted octanol–water partition coefficient (Wildman–Crippen LogP) is 3.91. The molecule has 0 amide bonds. The molecule has 1 N–H and O–H groups in total. The summed E-state index contributed by atoms with van der Waals surface area (Å²) in [4.78, 5) is 0. The van der Waals surface area contributed by atoms with E-state index < -0.39 is 0 Å². The number of aromatic nitrogens is 2. The van der Waals surface area contributed by atoms with Gasteiger partial charge in [0.25, 0.3) is 0 Å². The summed E-state index contributed by atoms with van der Waals surface area (Å²) in [5, 5.41) is 8.52. The number of nitrogens with one attached hydrogen (secondary N) is 1. The van der Waals surface area contributed by atoms with Crippen molar-refractivity contribution in [2.24, 2.45) is 0 Å². The molecule has 0 aliphatic heterocycles. The number of aryl methyl sites for hydroxylation is 1. The molecule has 0 unspecified atom stereocenters. The Bertz CT molecular complexity index is 603. The Balaban J connectivity index is 1.82. The van der Waals surface area contributed by atoms with E-state index in [1.807, 2.05) is 6.07 Å². The molecule has 1 aromatic carbocycles. The lowest BCUT2D eigenvalue weighted by atomic mass is 9.75. The van der Waals surface area contributed by atoms with Crippen molar-refractivity contribution in [3.8, 4) is 5.69 Å². The predicted molar refractivity (Wildman–Crippen MR) is 86.8 cm³/mol. The quantitative estimate of drug-likeness (QED) is 0.901. The van der Waals surface area contributed by atoms with Crippen LogP contribution in [-0.2, 0) is 6.54 Å². The van der Waals surface area contributed by atoms with Gasteiger partial charge in [-0.15, -0.1) is 0 Å². The van der Waals surface area contributed by atoms with E-state index in [4.69, 9.17) is 5.10 Å². The molecule has 1 aromatic heterocycles. The maximum Gasteiger partial charge on any atom is 0.0648 e. The summed E-state index contributed by atoms with van der Waals surface area (Å²) in [6, 6.07) is 10.4. The second kappa shape index (κ2) is 5.64. The smallest absolute Gasteiger partial charge is 0.0648 e. The molecule has 1 heterocycles. The molecule has 21 heavy (non-hydrogen) atoms. The first-order chi connectivity index (χ1) is 10.2. The maximum atomic E-state index is 4.73. The Kier molecular flexibility index (Phi) is 3.85. The van der Waals surface area contributed by atoms with Crippen LogP contribution in [0.1, 0.15) is 49.6 Å². The summed E-state index contributed by atoms with van der Waals surface area (Å²) >= 11 is 0. The normalized spacial score (nSPS) is 16.7. The molecule has 1 aliphatic carbocycles. The van der Waals surface area contributed by atoms with Gasteiger partial charge in [-0.25, -0.2) is 4.68 Å². The van der Waals surface area contributed by atoms with Crippen LogP contribution >= 0.6 is 0 Å². The van der Waals surface area contributed by atoms with Gasteiger partial charge < -0.3 is 5.32 Å². The molecule has 3 rings (SSSR count). The lowest BCUT2D eigenvalue weighted by Crippen LogP contribution is -2.50. The molecule has 112 valence electrons. The van der Waals surface area contributed by atoms with Crippen LogP contribution in [-0.4, -0.2) is 15.3 Å². The van der Waals surface area contributed by atoms with Gasteiger partial charge >= 0.3 is 0 Å². The van der Waals surface area contributed by atoms with Crippen LogP contribution in [0.15, 0.2) is 30.3 Å². The third-order valence-corrected chi connectivity index (χ3v) is 5.07. The van der Waals surface area contributed by atoms with Crippen molar-refractivity contribution in [2.45, 2.75) is 58.5 Å². The fraction of sp³-hybridized carbons (Fsp3) is 0.500. The van der Waals surface area contributed by atoms with Gasteiger partial charge in [0.1, 0.15) is 0 Å². The van der Waals surface area contributed by atoms with Gasteiger partial charge in [-0.1, -0.05) is 25.1 Å². The van der Waals surface area contributed by atoms with Crippen molar-refractivity contribution in [1.29, 1.82) is 0 Å². The Morgan fingerprint density at radius 3 is 2.48 bits per heavy atom. The Hall–Kier alpha value is -1.61. The molecule has 2 aromatic rings. The van der Waals surface area contributed by atoms with E-state index in [-0.39, 0.29) is 0 Å². The van der Waals surface area contributed by atoms with Crippen molar-refractivity contribution in [2.75, 3.05) is 0 Å². The summed E-state index contributed by atoms with van der Waals surface area (Å²) in [6.45, 7) is 7.50. The van der Waals surface area contributed by atoms with E-state index in [9.17, 15) is 0 Å². The highest BCUT2D eigenvalue weighted by atomic mass is 15.3. The van der Waals surface area contributed by atoms with Crippen molar-refractivity contribution in [3.05, 3.63) is 47.3 Å². The number of benzene rings is 1. The van der Waals surface area contributed by atoms with Crippen LogP contribution in [0.25, 0.3) is 5.69 Å². The van der Waals surface area contributed by atoms with Crippen LogP contribution in [0.2, 0.25) is 0 Å². The largest absolute Gasteiger partial charge is 0.307 e. The summed E-state index contributed by atoms with van der Waals surface area (Å²) < 4.78 is 2.06. The standard InChI is InChI=1S/C18H25N3/c1-4-18(11-8-12-18)19-13-17-14(2)20-21(15(17)3)16-9-6-5-7-10-16/h5-7,9-10,19H,4,8,11-13H2,1-3H3. The van der Waals surface area contributed by atoms with Gasteiger partial charge in [-0.05, 0) is 51.7 Å². The van der Waals surface area contributed by atoms with Gasteiger partial charge in [0.15, 0.2) is 0 Å². The highest BCUT2D eigenvalue weighted by Gasteiger charge is 2.34. The maximum absolute atomic E-state index is 4.73. The lowest BCUT2D eigenvalue weighted by Gasteiger charge is -2.42. The average molecular weight is 283 g/mol. The van der Waals surface area contributed by atoms with Crippen LogP contribution in [0.3, 0.4) is 0 Å². The molecule has 1 fully saturated rings.